The number of nitrogens with zero attached hydrogens (tertiary/aromatic N) is 3. The second kappa shape index (κ2) is 14.6. The van der Waals surface area contributed by atoms with Crippen molar-refractivity contribution in [3.63, 3.8) is 0 Å². The molecule has 0 aliphatic carbocycles. The third kappa shape index (κ3) is 8.94. The van der Waals surface area contributed by atoms with Crippen LogP contribution in [0.2, 0.25) is 0 Å². The third-order valence-corrected chi connectivity index (χ3v) is 6.10. The second-order valence-corrected chi connectivity index (χ2v) is 8.86. The molecule has 2 fully saturated rings. The first-order valence-electron chi connectivity index (χ1n) is 12.1. The standard InChI is InChI=1S/C24H40N6O2.HI/c1-4-25-23(27-18-22(19(2)3)29-12-14-32-15-13-29)26-17-20-8-7-9-21(16-20)28-24(31)30-10-5-6-11-30;/h7-9,16,19,22H,4-6,10-15,17-18H2,1-3H3,(H,28,31)(H2,25,26,27);1H. The van der Waals surface area contributed by atoms with E-state index in [0.29, 0.717) is 18.5 Å². The van der Waals surface area contributed by atoms with E-state index in [9.17, 15) is 4.79 Å². The number of likely N-dealkylation sites (tertiary alicyclic amines) is 1. The molecule has 2 aliphatic rings. The molecule has 2 aliphatic heterocycles. The van der Waals surface area contributed by atoms with Crippen LogP contribution in [0.25, 0.3) is 0 Å². The molecule has 1 aromatic carbocycles. The van der Waals surface area contributed by atoms with Gasteiger partial charge in [0.05, 0.1) is 19.8 Å². The van der Waals surface area contributed by atoms with Crippen molar-refractivity contribution in [2.75, 3.05) is 57.8 Å². The van der Waals surface area contributed by atoms with Crippen LogP contribution in [0.5, 0.6) is 0 Å². The molecule has 1 atom stereocenters. The monoisotopic (exact) mass is 572 g/mol. The van der Waals surface area contributed by atoms with Crippen molar-refractivity contribution in [2.45, 2.75) is 46.2 Å². The lowest BCUT2D eigenvalue weighted by Crippen LogP contribution is -2.52. The number of aliphatic imine (C=N–C) groups is 1. The van der Waals surface area contributed by atoms with E-state index in [1.54, 1.807) is 0 Å². The number of halogens is 1. The first-order chi connectivity index (χ1) is 15.6. The molecular formula is C24H41IN6O2. The van der Waals surface area contributed by atoms with Crippen LogP contribution < -0.4 is 16.0 Å². The van der Waals surface area contributed by atoms with E-state index in [1.807, 2.05) is 29.2 Å². The number of hydrogen-bond acceptors (Lipinski definition) is 4. The van der Waals surface area contributed by atoms with E-state index in [4.69, 9.17) is 9.73 Å². The molecule has 1 aromatic rings. The van der Waals surface area contributed by atoms with Gasteiger partial charge in [-0.2, -0.15) is 0 Å². The van der Waals surface area contributed by atoms with Gasteiger partial charge >= 0.3 is 6.03 Å². The number of morpholine rings is 1. The highest BCUT2D eigenvalue weighted by atomic mass is 127. The van der Waals surface area contributed by atoms with E-state index < -0.39 is 0 Å². The molecule has 0 aromatic heterocycles. The minimum absolute atomic E-state index is 0. The fraction of sp³-hybridized carbons (Fsp3) is 0.667. The van der Waals surface area contributed by atoms with E-state index in [0.717, 1.165) is 82.5 Å². The van der Waals surface area contributed by atoms with Crippen LogP contribution in [0.3, 0.4) is 0 Å². The summed E-state index contributed by atoms with van der Waals surface area (Å²) in [7, 11) is 0. The Kier molecular flexibility index (Phi) is 12.3. The first kappa shape index (κ1) is 27.7. The number of amides is 2. The molecule has 0 bridgehead atoms. The maximum absolute atomic E-state index is 12.4. The molecule has 9 heteroatoms. The number of nitrogens with one attached hydrogen (secondary N) is 3. The number of rotatable bonds is 8. The molecule has 1 unspecified atom stereocenters. The molecule has 8 nitrogen and oxygen atoms in total. The Morgan fingerprint density at radius 2 is 1.85 bits per heavy atom. The van der Waals surface area contributed by atoms with Crippen molar-refractivity contribution in [1.82, 2.24) is 20.4 Å². The van der Waals surface area contributed by atoms with Gasteiger partial charge in [-0.1, -0.05) is 26.0 Å². The van der Waals surface area contributed by atoms with Gasteiger partial charge in [0, 0.05) is 51.0 Å². The molecule has 2 amide bonds. The number of carbonyl (C=O) groups excluding carboxylic acids is 1. The summed E-state index contributed by atoms with van der Waals surface area (Å²) in [6, 6.07) is 8.38. The van der Waals surface area contributed by atoms with E-state index in [2.05, 4.69) is 41.6 Å². The smallest absolute Gasteiger partial charge is 0.321 e. The summed E-state index contributed by atoms with van der Waals surface area (Å²) < 4.78 is 5.52. The Morgan fingerprint density at radius 1 is 1.12 bits per heavy atom. The molecule has 0 radical (unpaired) electrons. The summed E-state index contributed by atoms with van der Waals surface area (Å²) in [5, 5.41) is 9.90. The Bertz CT molecular complexity index is 748. The summed E-state index contributed by atoms with van der Waals surface area (Å²) in [5.41, 5.74) is 1.88. The second-order valence-electron chi connectivity index (χ2n) is 8.86. The fourth-order valence-corrected chi connectivity index (χ4v) is 4.28. The largest absolute Gasteiger partial charge is 0.379 e. The molecule has 0 spiro atoms. The highest BCUT2D eigenvalue weighted by molar-refractivity contribution is 14.0. The lowest BCUT2D eigenvalue weighted by atomic mass is 10.0. The number of carbonyl (C=O) groups is 1. The fourth-order valence-electron chi connectivity index (χ4n) is 4.28. The molecule has 2 saturated heterocycles. The minimum Gasteiger partial charge on any atom is -0.379 e. The number of urea groups is 1. The minimum atomic E-state index is -0.0130. The molecular weight excluding hydrogens is 531 g/mol. The lowest BCUT2D eigenvalue weighted by molar-refractivity contribution is 0.00752. The number of anilines is 1. The van der Waals surface area contributed by atoms with Gasteiger partial charge in [0.25, 0.3) is 0 Å². The van der Waals surface area contributed by atoms with Gasteiger partial charge < -0.3 is 25.6 Å². The summed E-state index contributed by atoms with van der Waals surface area (Å²) in [6.07, 6.45) is 2.18. The van der Waals surface area contributed by atoms with Crippen molar-refractivity contribution in [1.29, 1.82) is 0 Å². The summed E-state index contributed by atoms with van der Waals surface area (Å²) in [6.45, 7) is 14.1. The summed E-state index contributed by atoms with van der Waals surface area (Å²) in [4.78, 5) is 21.5. The predicted molar refractivity (Wildman–Crippen MR) is 146 cm³/mol. The summed E-state index contributed by atoms with van der Waals surface area (Å²) in [5.74, 6) is 1.36. The van der Waals surface area contributed by atoms with E-state index >= 15 is 0 Å². The van der Waals surface area contributed by atoms with E-state index in [-0.39, 0.29) is 30.0 Å². The molecule has 2 heterocycles. The summed E-state index contributed by atoms with van der Waals surface area (Å²) >= 11 is 0. The van der Waals surface area contributed by atoms with Gasteiger partial charge in [-0.3, -0.25) is 4.90 Å². The third-order valence-electron chi connectivity index (χ3n) is 6.10. The average molecular weight is 573 g/mol. The maximum atomic E-state index is 12.4. The zero-order valence-corrected chi connectivity index (χ0v) is 22.6. The highest BCUT2D eigenvalue weighted by Crippen LogP contribution is 2.15. The van der Waals surface area contributed by atoms with Crippen molar-refractivity contribution >= 4 is 41.7 Å². The van der Waals surface area contributed by atoms with Crippen molar-refractivity contribution in [3.05, 3.63) is 29.8 Å². The topological polar surface area (TPSA) is 81.2 Å². The zero-order chi connectivity index (χ0) is 22.8. The van der Waals surface area contributed by atoms with Gasteiger partial charge in [-0.05, 0) is 43.4 Å². The number of ether oxygens (including phenoxy) is 1. The normalized spacial score (nSPS) is 18.1. The quantitative estimate of drug-likeness (QED) is 0.253. The maximum Gasteiger partial charge on any atom is 0.321 e. The molecule has 186 valence electrons. The Balaban J connectivity index is 0.00000385. The van der Waals surface area contributed by atoms with Crippen LogP contribution in [-0.4, -0.2) is 80.3 Å². The van der Waals surface area contributed by atoms with Crippen LogP contribution >= 0.6 is 24.0 Å². The highest BCUT2D eigenvalue weighted by Gasteiger charge is 2.24. The zero-order valence-electron chi connectivity index (χ0n) is 20.3. The first-order valence-corrected chi connectivity index (χ1v) is 12.1. The van der Waals surface area contributed by atoms with Crippen LogP contribution in [0.1, 0.15) is 39.2 Å². The van der Waals surface area contributed by atoms with Crippen LogP contribution in [0, 0.1) is 5.92 Å². The Morgan fingerprint density at radius 3 is 2.52 bits per heavy atom. The predicted octanol–water partition coefficient (Wildman–Crippen LogP) is 3.34. The Hall–Kier alpha value is -1.59. The van der Waals surface area contributed by atoms with Gasteiger partial charge in [0.2, 0.25) is 0 Å². The van der Waals surface area contributed by atoms with Gasteiger partial charge in [-0.25, -0.2) is 9.79 Å². The number of benzene rings is 1. The molecule has 3 N–H and O–H groups in total. The van der Waals surface area contributed by atoms with E-state index in [1.165, 1.54) is 0 Å². The lowest BCUT2D eigenvalue weighted by Gasteiger charge is -2.37. The van der Waals surface area contributed by atoms with Crippen molar-refractivity contribution < 1.29 is 9.53 Å². The van der Waals surface area contributed by atoms with Gasteiger partial charge in [0.1, 0.15) is 0 Å². The number of hydrogen-bond donors (Lipinski definition) is 3. The molecule has 0 saturated carbocycles. The number of guanidine groups is 1. The average Bonchev–Trinajstić information content (AvgIpc) is 3.33. The van der Waals surface area contributed by atoms with Gasteiger partial charge in [-0.15, -0.1) is 24.0 Å². The van der Waals surface area contributed by atoms with Crippen molar-refractivity contribution in [3.8, 4) is 0 Å². The van der Waals surface area contributed by atoms with Gasteiger partial charge in [0.15, 0.2) is 5.96 Å². The van der Waals surface area contributed by atoms with Crippen LogP contribution in [-0.2, 0) is 11.3 Å². The molecule has 3 rings (SSSR count). The van der Waals surface area contributed by atoms with Crippen LogP contribution in [0.4, 0.5) is 10.5 Å². The van der Waals surface area contributed by atoms with Crippen LogP contribution in [0.15, 0.2) is 29.3 Å². The molecule has 33 heavy (non-hydrogen) atoms. The SMILES string of the molecule is CCNC(=NCc1cccc(NC(=O)N2CCCC2)c1)NCC(C(C)C)N1CCOCC1.I. The Labute approximate surface area is 215 Å². The van der Waals surface area contributed by atoms with Crippen molar-refractivity contribution in [2.24, 2.45) is 10.9 Å².